The fourth-order valence-corrected chi connectivity index (χ4v) is 2.99. The molecule has 0 amide bonds. The fraction of sp³-hybridized carbons (Fsp3) is 0.188. The van der Waals surface area contributed by atoms with Crippen molar-refractivity contribution in [1.29, 1.82) is 0 Å². The van der Waals surface area contributed by atoms with Crippen LogP contribution >= 0.6 is 0 Å². The number of rotatable bonds is 5. The van der Waals surface area contributed by atoms with Gasteiger partial charge in [-0.15, -0.1) is 0 Å². The van der Waals surface area contributed by atoms with Gasteiger partial charge in [-0.25, -0.2) is 13.2 Å². The molecule has 0 radical (unpaired) electrons. The molecule has 122 valence electrons. The molecule has 3 N–H and O–H groups in total. The van der Waals surface area contributed by atoms with Crippen LogP contribution < -0.4 is 10.5 Å². The third kappa shape index (κ3) is 4.01. The summed E-state index contributed by atoms with van der Waals surface area (Å²) in [6.45, 7) is 3.79. The van der Waals surface area contributed by atoms with Crippen molar-refractivity contribution in [1.82, 2.24) is 0 Å². The Hall–Kier alpha value is -2.54. The van der Waals surface area contributed by atoms with Gasteiger partial charge in [-0.05, 0) is 44.2 Å². The lowest BCUT2D eigenvalue weighted by molar-refractivity contribution is 0.0526. The number of nitrogens with two attached hydrogens (primary N) is 1. The predicted octanol–water partition coefficient (Wildman–Crippen LogP) is 2.55. The van der Waals surface area contributed by atoms with Gasteiger partial charge in [0.25, 0.3) is 10.0 Å². The quantitative estimate of drug-likeness (QED) is 0.647. The Balaban J connectivity index is 2.33. The van der Waals surface area contributed by atoms with E-state index in [2.05, 4.69) is 4.72 Å². The van der Waals surface area contributed by atoms with E-state index in [1.165, 1.54) is 30.3 Å². The van der Waals surface area contributed by atoms with Gasteiger partial charge in [0.2, 0.25) is 0 Å². The fourth-order valence-electron chi connectivity index (χ4n) is 1.91. The molecule has 7 heteroatoms. The van der Waals surface area contributed by atoms with Gasteiger partial charge in [0.1, 0.15) is 0 Å². The second kappa shape index (κ2) is 6.70. The molecule has 0 fully saturated rings. The van der Waals surface area contributed by atoms with Gasteiger partial charge in [0.05, 0.1) is 28.4 Å². The van der Waals surface area contributed by atoms with E-state index in [-0.39, 0.29) is 28.4 Å². The molecule has 0 atom stereocenters. The molecule has 0 aliphatic heterocycles. The van der Waals surface area contributed by atoms with Crippen LogP contribution in [-0.4, -0.2) is 21.0 Å². The van der Waals surface area contributed by atoms with Crippen LogP contribution in [0, 0.1) is 6.92 Å². The number of benzene rings is 2. The molecule has 0 heterocycles. The van der Waals surface area contributed by atoms with Crippen LogP contribution in [0.5, 0.6) is 0 Å². The Labute approximate surface area is 135 Å². The Bertz CT molecular complexity index is 814. The van der Waals surface area contributed by atoms with Gasteiger partial charge in [-0.3, -0.25) is 4.72 Å². The van der Waals surface area contributed by atoms with Crippen LogP contribution in [0.1, 0.15) is 22.8 Å². The van der Waals surface area contributed by atoms with E-state index in [0.29, 0.717) is 0 Å². The summed E-state index contributed by atoms with van der Waals surface area (Å²) in [7, 11) is -3.79. The first-order valence-electron chi connectivity index (χ1n) is 6.99. The molecule has 0 aliphatic carbocycles. The maximum Gasteiger partial charge on any atom is 0.338 e. The molecular formula is C16H18N2O4S. The highest BCUT2D eigenvalue weighted by Crippen LogP contribution is 2.24. The molecular weight excluding hydrogens is 316 g/mol. The van der Waals surface area contributed by atoms with Crippen molar-refractivity contribution in [3.8, 4) is 0 Å². The van der Waals surface area contributed by atoms with Crippen LogP contribution in [0.25, 0.3) is 0 Å². The molecule has 0 saturated carbocycles. The summed E-state index contributed by atoms with van der Waals surface area (Å²) in [5.41, 5.74) is 7.32. The first-order valence-corrected chi connectivity index (χ1v) is 8.48. The first kappa shape index (κ1) is 16.8. The van der Waals surface area contributed by atoms with Crippen LogP contribution in [0.4, 0.5) is 11.4 Å². The van der Waals surface area contributed by atoms with Crippen molar-refractivity contribution in [2.45, 2.75) is 18.7 Å². The number of hydrogen-bond acceptors (Lipinski definition) is 5. The number of carbonyl (C=O) groups is 1. The summed E-state index contributed by atoms with van der Waals surface area (Å²) in [5, 5.41) is 0. The van der Waals surface area contributed by atoms with E-state index in [4.69, 9.17) is 10.5 Å². The zero-order valence-electron chi connectivity index (χ0n) is 12.9. The van der Waals surface area contributed by atoms with Crippen molar-refractivity contribution in [3.63, 3.8) is 0 Å². The topological polar surface area (TPSA) is 98.5 Å². The van der Waals surface area contributed by atoms with Crippen molar-refractivity contribution in [3.05, 3.63) is 53.6 Å². The lowest BCUT2D eigenvalue weighted by Crippen LogP contribution is -2.15. The molecule has 2 rings (SSSR count). The monoisotopic (exact) mass is 334 g/mol. The summed E-state index contributed by atoms with van der Waals surface area (Å²) in [4.78, 5) is 11.9. The maximum atomic E-state index is 12.4. The van der Waals surface area contributed by atoms with E-state index >= 15 is 0 Å². The second-order valence-electron chi connectivity index (χ2n) is 4.94. The summed E-state index contributed by atoms with van der Waals surface area (Å²) in [6.07, 6.45) is 0. The van der Waals surface area contributed by atoms with Gasteiger partial charge in [0.15, 0.2) is 0 Å². The first-order chi connectivity index (χ1) is 10.8. The average Bonchev–Trinajstić information content (AvgIpc) is 2.50. The predicted molar refractivity (Wildman–Crippen MR) is 88.8 cm³/mol. The molecule has 0 bridgehead atoms. The maximum absolute atomic E-state index is 12.4. The number of esters is 1. The Morgan fingerprint density at radius 1 is 1.17 bits per heavy atom. The zero-order valence-corrected chi connectivity index (χ0v) is 13.7. The van der Waals surface area contributed by atoms with Crippen molar-refractivity contribution >= 4 is 27.4 Å². The van der Waals surface area contributed by atoms with Gasteiger partial charge in [-0.1, -0.05) is 17.7 Å². The van der Waals surface area contributed by atoms with Crippen molar-refractivity contribution in [2.24, 2.45) is 0 Å². The SMILES string of the molecule is CCOC(=O)c1ccc(N)c(NS(=O)(=O)c2ccc(C)cc2)c1. The third-order valence-corrected chi connectivity index (χ3v) is 4.52. The standard InChI is InChI=1S/C16H18N2O4S/c1-3-22-16(19)12-6-9-14(17)15(10-12)18-23(20,21)13-7-4-11(2)5-8-13/h4-10,18H,3,17H2,1-2H3. The van der Waals surface area contributed by atoms with Crippen LogP contribution in [0.3, 0.4) is 0 Å². The Kier molecular flexibility index (Phi) is 4.90. The molecule has 0 aliphatic rings. The molecule has 0 spiro atoms. The molecule has 0 aromatic heterocycles. The number of nitrogens with one attached hydrogen (secondary N) is 1. The molecule has 0 unspecified atom stereocenters. The molecule has 6 nitrogen and oxygen atoms in total. The Morgan fingerprint density at radius 3 is 2.43 bits per heavy atom. The van der Waals surface area contributed by atoms with Crippen molar-refractivity contribution < 1.29 is 17.9 Å². The number of carbonyl (C=O) groups excluding carboxylic acids is 1. The number of hydrogen-bond donors (Lipinski definition) is 2. The van der Waals surface area contributed by atoms with Gasteiger partial charge in [0, 0.05) is 0 Å². The number of sulfonamides is 1. The number of aryl methyl sites for hydroxylation is 1. The molecule has 0 saturated heterocycles. The van der Waals surface area contributed by atoms with Gasteiger partial charge in [-0.2, -0.15) is 0 Å². The van der Waals surface area contributed by atoms with E-state index in [0.717, 1.165) is 5.56 Å². The average molecular weight is 334 g/mol. The zero-order chi connectivity index (χ0) is 17.0. The highest BCUT2D eigenvalue weighted by atomic mass is 32.2. The summed E-state index contributed by atoms with van der Waals surface area (Å²) in [5.74, 6) is -0.539. The molecule has 2 aromatic rings. The summed E-state index contributed by atoms with van der Waals surface area (Å²) >= 11 is 0. The van der Waals surface area contributed by atoms with E-state index < -0.39 is 16.0 Å². The van der Waals surface area contributed by atoms with E-state index in [1.807, 2.05) is 6.92 Å². The minimum atomic E-state index is -3.79. The second-order valence-corrected chi connectivity index (χ2v) is 6.62. The minimum Gasteiger partial charge on any atom is -0.462 e. The number of anilines is 2. The van der Waals surface area contributed by atoms with Crippen LogP contribution in [0.15, 0.2) is 47.4 Å². The van der Waals surface area contributed by atoms with Gasteiger partial charge >= 0.3 is 5.97 Å². The number of ether oxygens (including phenoxy) is 1. The third-order valence-electron chi connectivity index (χ3n) is 3.14. The summed E-state index contributed by atoms with van der Waals surface area (Å²) in [6, 6.07) is 10.7. The van der Waals surface area contributed by atoms with Crippen LogP contribution in [-0.2, 0) is 14.8 Å². The summed E-state index contributed by atoms with van der Waals surface area (Å²) < 4.78 is 32.1. The van der Waals surface area contributed by atoms with E-state index in [1.54, 1.807) is 19.1 Å². The normalized spacial score (nSPS) is 11.0. The number of nitrogen functional groups attached to an aromatic ring is 1. The lowest BCUT2D eigenvalue weighted by atomic mass is 10.2. The molecule has 2 aromatic carbocycles. The van der Waals surface area contributed by atoms with Gasteiger partial charge < -0.3 is 10.5 Å². The van der Waals surface area contributed by atoms with Crippen molar-refractivity contribution in [2.75, 3.05) is 17.1 Å². The minimum absolute atomic E-state index is 0.115. The highest BCUT2D eigenvalue weighted by Gasteiger charge is 2.17. The molecule has 23 heavy (non-hydrogen) atoms. The lowest BCUT2D eigenvalue weighted by Gasteiger charge is -2.12. The highest BCUT2D eigenvalue weighted by molar-refractivity contribution is 7.92. The van der Waals surface area contributed by atoms with Crippen LogP contribution in [0.2, 0.25) is 0 Å². The smallest absolute Gasteiger partial charge is 0.338 e. The van der Waals surface area contributed by atoms with E-state index in [9.17, 15) is 13.2 Å². The largest absolute Gasteiger partial charge is 0.462 e. The Morgan fingerprint density at radius 2 is 1.83 bits per heavy atom.